The number of esters is 1. The zero-order chi connectivity index (χ0) is 16.9. The number of rotatable bonds is 6. The van der Waals surface area contributed by atoms with Crippen LogP contribution in [0.5, 0.6) is 0 Å². The standard InChI is InChI=1S/C17H23N3O3/c1-5-22-15(21)17(23-16(2,3)4,14-18-12-19-20-14)11-13-9-7-6-8-10-13/h6-10H,5,11-12H2,1-4H3. The summed E-state index contributed by atoms with van der Waals surface area (Å²) >= 11 is 0. The number of carbonyl (C=O) groups excluding carboxylic acids is 1. The highest BCUT2D eigenvalue weighted by Crippen LogP contribution is 2.30. The number of nitrogens with zero attached hydrogens (tertiary/aromatic N) is 3. The van der Waals surface area contributed by atoms with Gasteiger partial charge in [-0.2, -0.15) is 5.11 Å². The van der Waals surface area contributed by atoms with Gasteiger partial charge in [-0.3, -0.25) is 0 Å². The Kier molecular flexibility index (Phi) is 5.26. The van der Waals surface area contributed by atoms with Crippen molar-refractivity contribution >= 4 is 11.8 Å². The lowest BCUT2D eigenvalue weighted by Crippen LogP contribution is -2.54. The molecule has 0 aromatic heterocycles. The van der Waals surface area contributed by atoms with E-state index in [4.69, 9.17) is 9.47 Å². The van der Waals surface area contributed by atoms with Crippen LogP contribution in [0.4, 0.5) is 0 Å². The second-order valence-electron chi connectivity index (χ2n) is 6.29. The smallest absolute Gasteiger partial charge is 0.346 e. The van der Waals surface area contributed by atoms with E-state index in [1.165, 1.54) is 0 Å². The first-order valence-electron chi connectivity index (χ1n) is 7.71. The van der Waals surface area contributed by atoms with Gasteiger partial charge in [0.25, 0.3) is 0 Å². The molecule has 0 aliphatic carbocycles. The van der Waals surface area contributed by atoms with E-state index in [2.05, 4.69) is 15.2 Å². The van der Waals surface area contributed by atoms with E-state index in [1.54, 1.807) is 6.92 Å². The molecule has 1 aliphatic heterocycles. The lowest BCUT2D eigenvalue weighted by atomic mass is 9.91. The summed E-state index contributed by atoms with van der Waals surface area (Å²) in [7, 11) is 0. The lowest BCUT2D eigenvalue weighted by Gasteiger charge is -2.36. The van der Waals surface area contributed by atoms with E-state index < -0.39 is 17.2 Å². The van der Waals surface area contributed by atoms with Crippen molar-refractivity contribution in [3.63, 3.8) is 0 Å². The topological polar surface area (TPSA) is 72.6 Å². The van der Waals surface area contributed by atoms with Gasteiger partial charge in [-0.25, -0.2) is 9.79 Å². The number of hydrogen-bond acceptors (Lipinski definition) is 6. The van der Waals surface area contributed by atoms with Crippen LogP contribution >= 0.6 is 0 Å². The average Bonchev–Trinajstić information content (AvgIpc) is 3.01. The summed E-state index contributed by atoms with van der Waals surface area (Å²) < 4.78 is 11.5. The minimum Gasteiger partial charge on any atom is -0.463 e. The first-order valence-corrected chi connectivity index (χ1v) is 7.71. The van der Waals surface area contributed by atoms with Crippen LogP contribution < -0.4 is 0 Å². The van der Waals surface area contributed by atoms with Crippen molar-refractivity contribution in [2.24, 2.45) is 15.2 Å². The summed E-state index contributed by atoms with van der Waals surface area (Å²) in [5, 5.41) is 7.92. The number of carbonyl (C=O) groups is 1. The summed E-state index contributed by atoms with van der Waals surface area (Å²) in [4.78, 5) is 17.1. The van der Waals surface area contributed by atoms with Crippen LogP contribution in [-0.4, -0.2) is 36.3 Å². The molecule has 1 heterocycles. The van der Waals surface area contributed by atoms with Crippen molar-refractivity contribution < 1.29 is 14.3 Å². The summed E-state index contributed by atoms with van der Waals surface area (Å²) in [5.74, 6) is -0.215. The average molecular weight is 317 g/mol. The van der Waals surface area contributed by atoms with Crippen molar-refractivity contribution in [3.8, 4) is 0 Å². The summed E-state index contributed by atoms with van der Waals surface area (Å²) in [6.07, 6.45) is 0.293. The molecule has 1 atom stereocenters. The molecule has 2 rings (SSSR count). The van der Waals surface area contributed by atoms with Crippen LogP contribution in [0.2, 0.25) is 0 Å². The molecule has 0 amide bonds. The van der Waals surface area contributed by atoms with Gasteiger partial charge in [-0.15, -0.1) is 5.11 Å². The Labute approximate surface area is 136 Å². The van der Waals surface area contributed by atoms with Gasteiger partial charge in [0, 0.05) is 6.42 Å². The van der Waals surface area contributed by atoms with Gasteiger partial charge in [0.2, 0.25) is 5.60 Å². The first kappa shape index (κ1) is 17.3. The number of ether oxygens (including phenoxy) is 2. The molecule has 0 saturated carbocycles. The third-order valence-corrected chi connectivity index (χ3v) is 3.19. The Morgan fingerprint density at radius 1 is 1.22 bits per heavy atom. The van der Waals surface area contributed by atoms with Crippen LogP contribution in [0.3, 0.4) is 0 Å². The fourth-order valence-corrected chi connectivity index (χ4v) is 2.46. The third-order valence-electron chi connectivity index (χ3n) is 3.19. The summed E-state index contributed by atoms with van der Waals surface area (Å²) in [5.41, 5.74) is -1.03. The molecule has 124 valence electrons. The molecule has 1 aromatic rings. The summed E-state index contributed by atoms with van der Waals surface area (Å²) in [6, 6.07) is 9.63. The Morgan fingerprint density at radius 2 is 1.91 bits per heavy atom. The van der Waals surface area contributed by atoms with E-state index in [1.807, 2.05) is 51.1 Å². The second-order valence-corrected chi connectivity index (χ2v) is 6.29. The lowest BCUT2D eigenvalue weighted by molar-refractivity contribution is -0.176. The molecule has 1 unspecified atom stereocenters. The molecule has 6 heteroatoms. The normalized spacial score (nSPS) is 16.8. The number of amidine groups is 1. The Balaban J connectivity index is 2.48. The Hall–Kier alpha value is -2.08. The van der Waals surface area contributed by atoms with Gasteiger partial charge in [0.15, 0.2) is 12.5 Å². The maximum Gasteiger partial charge on any atom is 0.346 e. The molecule has 0 spiro atoms. The van der Waals surface area contributed by atoms with Gasteiger partial charge in [-0.1, -0.05) is 30.3 Å². The molecule has 0 N–H and O–H groups in total. The maximum atomic E-state index is 12.8. The molecule has 0 bridgehead atoms. The van der Waals surface area contributed by atoms with E-state index >= 15 is 0 Å². The van der Waals surface area contributed by atoms with E-state index in [0.29, 0.717) is 6.42 Å². The minimum absolute atomic E-state index is 0.207. The van der Waals surface area contributed by atoms with Crippen LogP contribution in [-0.2, 0) is 20.7 Å². The van der Waals surface area contributed by atoms with Crippen molar-refractivity contribution in [3.05, 3.63) is 35.9 Å². The molecule has 1 aromatic carbocycles. The molecule has 6 nitrogen and oxygen atoms in total. The van der Waals surface area contributed by atoms with Crippen LogP contribution in [0.25, 0.3) is 0 Å². The molecule has 0 saturated heterocycles. The second kappa shape index (κ2) is 7.00. The van der Waals surface area contributed by atoms with E-state index in [0.717, 1.165) is 5.56 Å². The fraction of sp³-hybridized carbons (Fsp3) is 0.529. The van der Waals surface area contributed by atoms with Gasteiger partial charge in [0.05, 0.1) is 12.2 Å². The van der Waals surface area contributed by atoms with Crippen molar-refractivity contribution in [2.45, 2.75) is 45.3 Å². The molecule has 1 aliphatic rings. The summed E-state index contributed by atoms with van der Waals surface area (Å²) in [6.45, 7) is 7.89. The van der Waals surface area contributed by atoms with Gasteiger partial charge >= 0.3 is 5.97 Å². The number of azo groups is 1. The van der Waals surface area contributed by atoms with Crippen molar-refractivity contribution in [1.82, 2.24) is 0 Å². The molecular weight excluding hydrogens is 294 g/mol. The predicted molar refractivity (Wildman–Crippen MR) is 87.5 cm³/mol. The van der Waals surface area contributed by atoms with Crippen LogP contribution in [0, 0.1) is 0 Å². The third kappa shape index (κ3) is 4.22. The zero-order valence-electron chi connectivity index (χ0n) is 14.1. The van der Waals surface area contributed by atoms with E-state index in [9.17, 15) is 4.79 Å². The Morgan fingerprint density at radius 3 is 2.43 bits per heavy atom. The highest BCUT2D eigenvalue weighted by molar-refractivity contribution is 6.10. The highest BCUT2D eigenvalue weighted by atomic mass is 16.6. The Bertz CT molecular complexity index is 605. The molecule has 23 heavy (non-hydrogen) atoms. The van der Waals surface area contributed by atoms with Crippen molar-refractivity contribution in [2.75, 3.05) is 13.3 Å². The quantitative estimate of drug-likeness (QED) is 0.756. The SMILES string of the molecule is CCOC(=O)C(Cc1ccccc1)(OC(C)(C)C)C1=NCN=N1. The number of benzene rings is 1. The van der Waals surface area contributed by atoms with Crippen molar-refractivity contribution in [1.29, 1.82) is 0 Å². The van der Waals surface area contributed by atoms with Gasteiger partial charge in [-0.05, 0) is 33.3 Å². The van der Waals surface area contributed by atoms with E-state index in [-0.39, 0.29) is 19.1 Å². The molecule has 0 fully saturated rings. The van der Waals surface area contributed by atoms with Crippen LogP contribution in [0.1, 0.15) is 33.3 Å². The highest BCUT2D eigenvalue weighted by Gasteiger charge is 2.50. The minimum atomic E-state index is -1.39. The molecular formula is C17H23N3O3. The number of aliphatic imine (C=N–C) groups is 1. The maximum absolute atomic E-state index is 12.8. The zero-order valence-corrected chi connectivity index (χ0v) is 14.1. The predicted octanol–water partition coefficient (Wildman–Crippen LogP) is 3.17. The fourth-order valence-electron chi connectivity index (χ4n) is 2.46. The number of hydrogen-bond donors (Lipinski definition) is 0. The van der Waals surface area contributed by atoms with Crippen LogP contribution in [0.15, 0.2) is 45.6 Å². The van der Waals surface area contributed by atoms with Gasteiger partial charge < -0.3 is 9.47 Å². The largest absolute Gasteiger partial charge is 0.463 e. The first-order chi connectivity index (χ1) is 10.9. The molecule has 0 radical (unpaired) electrons. The monoisotopic (exact) mass is 317 g/mol. The van der Waals surface area contributed by atoms with Gasteiger partial charge in [0.1, 0.15) is 0 Å².